The van der Waals surface area contributed by atoms with E-state index in [1.165, 1.54) is 4.31 Å². The van der Waals surface area contributed by atoms with Crippen LogP contribution in [-0.4, -0.2) is 43.4 Å². The Balaban J connectivity index is 1.70. The molecule has 1 aromatic heterocycles. The summed E-state index contributed by atoms with van der Waals surface area (Å²) in [6.45, 7) is 4.49. The van der Waals surface area contributed by atoms with Crippen LogP contribution >= 0.6 is 0 Å². The van der Waals surface area contributed by atoms with Gasteiger partial charge in [0, 0.05) is 25.6 Å². The van der Waals surface area contributed by atoms with E-state index in [0.29, 0.717) is 44.2 Å². The highest BCUT2D eigenvalue weighted by molar-refractivity contribution is 7.89. The second-order valence-corrected chi connectivity index (χ2v) is 8.14. The third-order valence-electron chi connectivity index (χ3n) is 4.47. The van der Waals surface area contributed by atoms with Crippen molar-refractivity contribution in [3.63, 3.8) is 0 Å². The Kier molecular flexibility index (Phi) is 5.43. The molecule has 0 atom stereocenters. The number of carbonyl (C=O) groups is 1. The van der Waals surface area contributed by atoms with Crippen LogP contribution in [0.3, 0.4) is 0 Å². The number of piperidine rings is 1. The van der Waals surface area contributed by atoms with Gasteiger partial charge >= 0.3 is 5.97 Å². The molecule has 0 unspecified atom stereocenters. The highest BCUT2D eigenvalue weighted by Gasteiger charge is 2.32. The molecular weight excluding hydrogens is 356 g/mol. The predicted molar refractivity (Wildman–Crippen MR) is 94.8 cm³/mol. The summed E-state index contributed by atoms with van der Waals surface area (Å²) in [7, 11) is -3.58. The smallest absolute Gasteiger partial charge is 0.309 e. The number of oxazole rings is 1. The van der Waals surface area contributed by atoms with Crippen molar-refractivity contribution >= 4 is 16.0 Å². The summed E-state index contributed by atoms with van der Waals surface area (Å²) in [5.41, 5.74) is 0.769. The van der Waals surface area contributed by atoms with Crippen molar-refractivity contribution in [2.24, 2.45) is 5.92 Å². The Hall–Kier alpha value is -2.19. The summed E-state index contributed by atoms with van der Waals surface area (Å²) in [4.78, 5) is 16.1. The molecule has 2 heterocycles. The monoisotopic (exact) mass is 378 g/mol. The van der Waals surface area contributed by atoms with Crippen LogP contribution in [-0.2, 0) is 19.6 Å². The molecule has 26 heavy (non-hydrogen) atoms. The third kappa shape index (κ3) is 3.81. The average Bonchev–Trinajstić information content (AvgIpc) is 3.08. The van der Waals surface area contributed by atoms with Gasteiger partial charge in [-0.25, -0.2) is 13.4 Å². The third-order valence-corrected chi connectivity index (χ3v) is 6.38. The van der Waals surface area contributed by atoms with Crippen LogP contribution in [0.25, 0.3) is 11.3 Å². The average molecular weight is 378 g/mol. The molecule has 0 spiro atoms. The Morgan fingerprint density at radius 2 is 1.92 bits per heavy atom. The van der Waals surface area contributed by atoms with E-state index in [0.717, 1.165) is 5.56 Å². The van der Waals surface area contributed by atoms with Gasteiger partial charge in [-0.15, -0.1) is 0 Å². The number of sulfonamides is 1. The SMILES string of the molecule is CCOC(=O)C1CCN(S(=O)(=O)c2ccc(-c3cnc(C)o3)cc2)CC1. The number of benzene rings is 1. The van der Waals surface area contributed by atoms with E-state index < -0.39 is 10.0 Å². The van der Waals surface area contributed by atoms with Crippen LogP contribution in [0.2, 0.25) is 0 Å². The molecule has 3 rings (SSSR count). The zero-order chi connectivity index (χ0) is 18.7. The number of ether oxygens (including phenoxy) is 1. The van der Waals surface area contributed by atoms with Crippen LogP contribution in [0, 0.1) is 12.8 Å². The standard InChI is InChI=1S/C18H22N2O5S/c1-3-24-18(21)15-8-10-20(11-9-15)26(22,23)16-6-4-14(5-7-16)17-12-19-13(2)25-17/h4-7,12,15H,3,8-11H2,1-2H3. The van der Waals surface area contributed by atoms with Crippen molar-refractivity contribution in [3.8, 4) is 11.3 Å². The molecule has 1 saturated heterocycles. The minimum Gasteiger partial charge on any atom is -0.466 e. The Labute approximate surface area is 153 Å². The first-order valence-corrected chi connectivity index (χ1v) is 10.1. The quantitative estimate of drug-likeness (QED) is 0.743. The highest BCUT2D eigenvalue weighted by Crippen LogP contribution is 2.27. The van der Waals surface area contributed by atoms with Gasteiger partial charge in [0.2, 0.25) is 10.0 Å². The molecule has 1 aliphatic heterocycles. The van der Waals surface area contributed by atoms with Gasteiger partial charge in [0.1, 0.15) is 0 Å². The van der Waals surface area contributed by atoms with Gasteiger partial charge in [-0.2, -0.15) is 4.31 Å². The topological polar surface area (TPSA) is 89.7 Å². The molecule has 1 fully saturated rings. The van der Waals surface area contributed by atoms with Crippen molar-refractivity contribution in [1.29, 1.82) is 0 Å². The molecule has 0 saturated carbocycles. The minimum atomic E-state index is -3.58. The van der Waals surface area contributed by atoms with Gasteiger partial charge in [0.15, 0.2) is 11.7 Å². The number of rotatable bonds is 5. The van der Waals surface area contributed by atoms with Crippen molar-refractivity contribution < 1.29 is 22.4 Å². The number of aryl methyl sites for hydroxylation is 1. The number of esters is 1. The molecule has 8 heteroatoms. The molecule has 1 aromatic carbocycles. The maximum Gasteiger partial charge on any atom is 0.309 e. The summed E-state index contributed by atoms with van der Waals surface area (Å²) in [5, 5.41) is 0. The Morgan fingerprint density at radius 1 is 1.27 bits per heavy atom. The Bertz CT molecular complexity index is 865. The van der Waals surface area contributed by atoms with Gasteiger partial charge in [-0.05, 0) is 44.0 Å². The lowest BCUT2D eigenvalue weighted by Gasteiger charge is -2.30. The normalized spacial score (nSPS) is 16.5. The van der Waals surface area contributed by atoms with Crippen molar-refractivity contribution in [1.82, 2.24) is 9.29 Å². The van der Waals surface area contributed by atoms with Crippen LogP contribution in [0.15, 0.2) is 39.8 Å². The number of hydrogen-bond acceptors (Lipinski definition) is 6. The number of hydrogen-bond donors (Lipinski definition) is 0. The first-order chi connectivity index (χ1) is 12.4. The maximum atomic E-state index is 12.8. The second-order valence-electron chi connectivity index (χ2n) is 6.20. The summed E-state index contributed by atoms with van der Waals surface area (Å²) < 4.78 is 37.5. The number of carbonyl (C=O) groups excluding carboxylic acids is 1. The lowest BCUT2D eigenvalue weighted by Crippen LogP contribution is -2.40. The fraction of sp³-hybridized carbons (Fsp3) is 0.444. The van der Waals surface area contributed by atoms with Gasteiger partial charge in [-0.1, -0.05) is 0 Å². The lowest BCUT2D eigenvalue weighted by molar-refractivity contribution is -0.149. The molecule has 0 N–H and O–H groups in total. The van der Waals surface area contributed by atoms with Crippen molar-refractivity contribution in [2.75, 3.05) is 19.7 Å². The minimum absolute atomic E-state index is 0.224. The molecular formula is C18H22N2O5S. The van der Waals surface area contributed by atoms with Crippen LogP contribution in [0.1, 0.15) is 25.7 Å². The van der Waals surface area contributed by atoms with Crippen LogP contribution in [0.5, 0.6) is 0 Å². The summed E-state index contributed by atoms with van der Waals surface area (Å²) in [6.07, 6.45) is 2.57. The molecule has 0 amide bonds. The number of nitrogens with zero attached hydrogens (tertiary/aromatic N) is 2. The first-order valence-electron chi connectivity index (χ1n) is 8.61. The first kappa shape index (κ1) is 18.6. The molecule has 140 valence electrons. The Morgan fingerprint density at radius 3 is 2.46 bits per heavy atom. The zero-order valence-corrected chi connectivity index (χ0v) is 15.7. The van der Waals surface area contributed by atoms with Gasteiger partial charge < -0.3 is 9.15 Å². The lowest BCUT2D eigenvalue weighted by atomic mass is 9.98. The summed E-state index contributed by atoms with van der Waals surface area (Å²) >= 11 is 0. The van der Waals surface area contributed by atoms with E-state index >= 15 is 0 Å². The van der Waals surface area contributed by atoms with Gasteiger partial charge in [0.05, 0.1) is 23.6 Å². The molecule has 0 aliphatic carbocycles. The summed E-state index contributed by atoms with van der Waals surface area (Å²) in [6, 6.07) is 6.55. The molecule has 1 aliphatic rings. The van der Waals surface area contributed by atoms with Gasteiger partial charge in [-0.3, -0.25) is 4.79 Å². The molecule has 0 bridgehead atoms. The fourth-order valence-electron chi connectivity index (χ4n) is 3.03. The largest absolute Gasteiger partial charge is 0.466 e. The fourth-order valence-corrected chi connectivity index (χ4v) is 4.50. The van der Waals surface area contributed by atoms with E-state index in [2.05, 4.69) is 4.98 Å². The zero-order valence-electron chi connectivity index (χ0n) is 14.8. The van der Waals surface area contributed by atoms with E-state index in [1.54, 1.807) is 44.3 Å². The number of aromatic nitrogens is 1. The van der Waals surface area contributed by atoms with E-state index in [9.17, 15) is 13.2 Å². The molecule has 0 radical (unpaired) electrons. The predicted octanol–water partition coefficient (Wildman–Crippen LogP) is 2.61. The van der Waals surface area contributed by atoms with E-state index in [4.69, 9.17) is 9.15 Å². The van der Waals surface area contributed by atoms with E-state index in [1.807, 2.05) is 0 Å². The highest BCUT2D eigenvalue weighted by atomic mass is 32.2. The summed E-state index contributed by atoms with van der Waals surface area (Å²) in [5.74, 6) is 0.692. The van der Waals surface area contributed by atoms with Crippen molar-refractivity contribution in [3.05, 3.63) is 36.4 Å². The molecule has 2 aromatic rings. The maximum absolute atomic E-state index is 12.8. The molecule has 7 nitrogen and oxygen atoms in total. The second kappa shape index (κ2) is 7.59. The van der Waals surface area contributed by atoms with Crippen LogP contribution in [0.4, 0.5) is 0 Å². The van der Waals surface area contributed by atoms with Gasteiger partial charge in [0.25, 0.3) is 0 Å². The van der Waals surface area contributed by atoms with Crippen LogP contribution < -0.4 is 0 Å². The van der Waals surface area contributed by atoms with Crippen molar-refractivity contribution in [2.45, 2.75) is 31.6 Å². The van der Waals surface area contributed by atoms with E-state index in [-0.39, 0.29) is 16.8 Å².